The predicted molar refractivity (Wildman–Crippen MR) is 78.3 cm³/mol. The van der Waals surface area contributed by atoms with Gasteiger partial charge in [-0.3, -0.25) is 4.79 Å². The molecule has 1 aromatic heterocycles. The molecule has 0 saturated carbocycles. The van der Waals surface area contributed by atoms with Crippen molar-refractivity contribution in [2.75, 3.05) is 0 Å². The molecule has 0 saturated heterocycles. The zero-order valence-electron chi connectivity index (χ0n) is 11.5. The summed E-state index contributed by atoms with van der Waals surface area (Å²) in [5, 5.41) is 9.58. The van der Waals surface area contributed by atoms with E-state index in [1.54, 1.807) is 11.8 Å². The van der Waals surface area contributed by atoms with Gasteiger partial charge in [-0.05, 0) is 49.2 Å². The number of aldehydes is 1. The van der Waals surface area contributed by atoms with Crippen molar-refractivity contribution < 1.29 is 4.79 Å². The molecule has 2 aromatic rings. The molecule has 1 aliphatic heterocycles. The van der Waals surface area contributed by atoms with Crippen LogP contribution in [-0.2, 0) is 13.0 Å². The Balaban J connectivity index is 1.86. The van der Waals surface area contributed by atoms with Gasteiger partial charge >= 0.3 is 0 Å². The number of carbonyl (C=O) groups excluding carboxylic acids is 1. The molecule has 0 spiro atoms. The van der Waals surface area contributed by atoms with Gasteiger partial charge in [0, 0.05) is 23.4 Å². The third kappa shape index (κ3) is 2.63. The predicted octanol–water partition coefficient (Wildman–Crippen LogP) is 3.28. The lowest BCUT2D eigenvalue weighted by atomic mass is 10.1. The standard InChI is InChI=1S/C15H17N3OS/c1-11-9-13(7-6-12(11)10-19)20-15-17-16-14-5-3-2-4-8-18(14)15/h6-7,9-10H,2-5,8H2,1H3. The highest BCUT2D eigenvalue weighted by Gasteiger charge is 2.15. The number of carbonyl (C=O) groups is 1. The van der Waals surface area contributed by atoms with Crippen LogP contribution in [-0.4, -0.2) is 21.1 Å². The van der Waals surface area contributed by atoms with Gasteiger partial charge in [0.25, 0.3) is 0 Å². The highest BCUT2D eigenvalue weighted by Crippen LogP contribution is 2.29. The average Bonchev–Trinajstić information content (AvgIpc) is 2.68. The Hall–Kier alpha value is -1.62. The molecular weight excluding hydrogens is 270 g/mol. The molecule has 4 nitrogen and oxygen atoms in total. The van der Waals surface area contributed by atoms with Crippen LogP contribution in [0, 0.1) is 6.92 Å². The smallest absolute Gasteiger partial charge is 0.196 e. The van der Waals surface area contributed by atoms with E-state index in [0.29, 0.717) is 0 Å². The molecular formula is C15H17N3OS. The van der Waals surface area contributed by atoms with Crippen molar-refractivity contribution in [3.05, 3.63) is 35.2 Å². The molecule has 0 bridgehead atoms. The van der Waals surface area contributed by atoms with Crippen LogP contribution in [0.4, 0.5) is 0 Å². The van der Waals surface area contributed by atoms with Gasteiger partial charge in [-0.15, -0.1) is 10.2 Å². The number of hydrogen-bond donors (Lipinski definition) is 0. The minimum atomic E-state index is 0.745. The van der Waals surface area contributed by atoms with Crippen molar-refractivity contribution in [1.29, 1.82) is 0 Å². The number of rotatable bonds is 3. The van der Waals surface area contributed by atoms with Gasteiger partial charge in [0.15, 0.2) is 5.16 Å². The minimum Gasteiger partial charge on any atom is -0.306 e. The largest absolute Gasteiger partial charge is 0.306 e. The van der Waals surface area contributed by atoms with Crippen LogP contribution in [0.25, 0.3) is 0 Å². The van der Waals surface area contributed by atoms with Crippen molar-refractivity contribution >= 4 is 18.0 Å². The van der Waals surface area contributed by atoms with Crippen molar-refractivity contribution in [3.8, 4) is 0 Å². The van der Waals surface area contributed by atoms with E-state index >= 15 is 0 Å². The monoisotopic (exact) mass is 287 g/mol. The Kier molecular flexibility index (Phi) is 3.87. The second-order valence-electron chi connectivity index (χ2n) is 5.10. The van der Waals surface area contributed by atoms with E-state index in [2.05, 4.69) is 14.8 Å². The van der Waals surface area contributed by atoms with E-state index in [-0.39, 0.29) is 0 Å². The topological polar surface area (TPSA) is 47.8 Å². The zero-order chi connectivity index (χ0) is 13.9. The lowest BCUT2D eigenvalue weighted by Gasteiger charge is -2.07. The van der Waals surface area contributed by atoms with Gasteiger partial charge in [0.2, 0.25) is 0 Å². The number of aromatic nitrogens is 3. The number of nitrogens with zero attached hydrogens (tertiary/aromatic N) is 3. The summed E-state index contributed by atoms with van der Waals surface area (Å²) in [6.45, 7) is 2.97. The van der Waals surface area contributed by atoms with E-state index in [0.717, 1.165) is 46.3 Å². The maximum Gasteiger partial charge on any atom is 0.196 e. The summed E-state index contributed by atoms with van der Waals surface area (Å²) in [4.78, 5) is 12.0. The molecule has 0 atom stereocenters. The molecule has 0 unspecified atom stereocenters. The molecule has 20 heavy (non-hydrogen) atoms. The Bertz CT molecular complexity index is 636. The number of hydrogen-bond acceptors (Lipinski definition) is 4. The van der Waals surface area contributed by atoms with E-state index in [1.807, 2.05) is 25.1 Å². The lowest BCUT2D eigenvalue weighted by Crippen LogP contribution is -2.02. The first-order chi connectivity index (χ1) is 9.78. The highest BCUT2D eigenvalue weighted by atomic mass is 32.2. The third-order valence-corrected chi connectivity index (χ3v) is 4.63. The number of fused-ring (bicyclic) bond motifs is 1. The zero-order valence-corrected chi connectivity index (χ0v) is 12.3. The van der Waals surface area contributed by atoms with Crippen LogP contribution < -0.4 is 0 Å². The summed E-state index contributed by atoms with van der Waals surface area (Å²) in [6.07, 6.45) is 5.59. The first kappa shape index (κ1) is 13.4. The molecule has 1 aromatic carbocycles. The molecule has 0 radical (unpaired) electrons. The summed E-state index contributed by atoms with van der Waals surface area (Å²) < 4.78 is 2.24. The SMILES string of the molecule is Cc1cc(Sc2nnc3n2CCCCC3)ccc1C=O. The molecule has 0 fully saturated rings. The first-order valence-corrected chi connectivity index (χ1v) is 7.75. The van der Waals surface area contributed by atoms with E-state index in [1.165, 1.54) is 19.3 Å². The average molecular weight is 287 g/mol. The Morgan fingerprint density at radius 1 is 1.25 bits per heavy atom. The molecule has 2 heterocycles. The van der Waals surface area contributed by atoms with Crippen LogP contribution in [0.5, 0.6) is 0 Å². The van der Waals surface area contributed by atoms with Crippen molar-refractivity contribution in [3.63, 3.8) is 0 Å². The maximum atomic E-state index is 10.9. The molecule has 5 heteroatoms. The fraction of sp³-hybridized carbons (Fsp3) is 0.400. The van der Waals surface area contributed by atoms with Crippen LogP contribution in [0.2, 0.25) is 0 Å². The highest BCUT2D eigenvalue weighted by molar-refractivity contribution is 7.99. The Morgan fingerprint density at radius 3 is 2.95 bits per heavy atom. The molecule has 0 amide bonds. The van der Waals surface area contributed by atoms with Crippen molar-refractivity contribution in [2.24, 2.45) is 0 Å². The molecule has 0 N–H and O–H groups in total. The van der Waals surface area contributed by atoms with Gasteiger partial charge < -0.3 is 4.57 Å². The van der Waals surface area contributed by atoms with E-state index < -0.39 is 0 Å². The summed E-state index contributed by atoms with van der Waals surface area (Å²) in [5.74, 6) is 1.10. The normalized spacial score (nSPS) is 14.7. The van der Waals surface area contributed by atoms with Gasteiger partial charge in [-0.1, -0.05) is 12.5 Å². The number of benzene rings is 1. The third-order valence-electron chi connectivity index (χ3n) is 3.65. The Morgan fingerprint density at radius 2 is 2.15 bits per heavy atom. The fourth-order valence-electron chi connectivity index (χ4n) is 2.48. The second kappa shape index (κ2) is 5.79. The Labute approximate surface area is 122 Å². The van der Waals surface area contributed by atoms with E-state index in [4.69, 9.17) is 0 Å². The van der Waals surface area contributed by atoms with Gasteiger partial charge in [-0.2, -0.15) is 0 Å². The molecule has 1 aliphatic rings. The summed E-state index contributed by atoms with van der Waals surface area (Å²) >= 11 is 1.62. The van der Waals surface area contributed by atoms with Crippen LogP contribution in [0.1, 0.15) is 41.0 Å². The van der Waals surface area contributed by atoms with Gasteiger partial charge in [0.05, 0.1) is 0 Å². The van der Waals surface area contributed by atoms with Crippen molar-refractivity contribution in [1.82, 2.24) is 14.8 Å². The van der Waals surface area contributed by atoms with Crippen LogP contribution in [0.3, 0.4) is 0 Å². The maximum absolute atomic E-state index is 10.9. The first-order valence-electron chi connectivity index (χ1n) is 6.93. The second-order valence-corrected chi connectivity index (χ2v) is 6.14. The van der Waals surface area contributed by atoms with Crippen LogP contribution in [0.15, 0.2) is 28.3 Å². The molecule has 3 rings (SSSR count). The van der Waals surface area contributed by atoms with Gasteiger partial charge in [-0.25, -0.2) is 0 Å². The fourth-order valence-corrected chi connectivity index (χ4v) is 3.45. The van der Waals surface area contributed by atoms with Crippen molar-refractivity contribution in [2.45, 2.75) is 49.2 Å². The quantitative estimate of drug-likeness (QED) is 0.813. The molecule has 104 valence electrons. The summed E-state index contributed by atoms with van der Waals surface area (Å²) in [6, 6.07) is 5.87. The molecule has 0 aliphatic carbocycles. The van der Waals surface area contributed by atoms with E-state index in [9.17, 15) is 4.79 Å². The number of aryl methyl sites for hydroxylation is 2. The summed E-state index contributed by atoms with van der Waals surface area (Å²) in [5.41, 5.74) is 1.75. The van der Waals surface area contributed by atoms with Crippen LogP contribution >= 0.6 is 11.8 Å². The summed E-state index contributed by atoms with van der Waals surface area (Å²) in [7, 11) is 0. The lowest BCUT2D eigenvalue weighted by molar-refractivity contribution is 0.112. The minimum absolute atomic E-state index is 0.745. The van der Waals surface area contributed by atoms with Gasteiger partial charge in [0.1, 0.15) is 12.1 Å².